The van der Waals surface area contributed by atoms with Crippen molar-refractivity contribution in [3.05, 3.63) is 0 Å². The molecular formula is C13H24N2O3. The van der Waals surface area contributed by atoms with E-state index < -0.39 is 0 Å². The van der Waals surface area contributed by atoms with Crippen molar-refractivity contribution in [1.29, 1.82) is 0 Å². The Hall–Kier alpha value is -1.26. The van der Waals surface area contributed by atoms with E-state index in [4.69, 9.17) is 0 Å². The van der Waals surface area contributed by atoms with Crippen molar-refractivity contribution in [3.63, 3.8) is 0 Å². The number of carbonyl (C=O) groups is 2. The highest BCUT2D eigenvalue weighted by atomic mass is 16.5. The molecule has 0 spiro atoms. The monoisotopic (exact) mass is 256 g/mol. The summed E-state index contributed by atoms with van der Waals surface area (Å²) in [6, 6.07) is 0.242. The average molecular weight is 256 g/mol. The summed E-state index contributed by atoms with van der Waals surface area (Å²) in [6.07, 6.45) is 6.05. The third kappa shape index (κ3) is 4.94. The molecule has 18 heavy (non-hydrogen) atoms. The summed E-state index contributed by atoms with van der Waals surface area (Å²) in [5.41, 5.74) is 0. The van der Waals surface area contributed by atoms with Crippen molar-refractivity contribution in [2.45, 2.75) is 51.5 Å². The van der Waals surface area contributed by atoms with Crippen LogP contribution < -0.4 is 5.32 Å². The summed E-state index contributed by atoms with van der Waals surface area (Å²) in [4.78, 5) is 24.7. The number of esters is 1. The van der Waals surface area contributed by atoms with Crippen LogP contribution in [0.25, 0.3) is 0 Å². The van der Waals surface area contributed by atoms with Crippen LogP contribution in [0.5, 0.6) is 0 Å². The normalized spacial score (nSPS) is 16.1. The van der Waals surface area contributed by atoms with Crippen LogP contribution in [0.15, 0.2) is 0 Å². The van der Waals surface area contributed by atoms with Gasteiger partial charge in [-0.3, -0.25) is 4.79 Å². The number of ether oxygens (including phenoxy) is 1. The number of carbonyl (C=O) groups excluding carboxylic acids is 2. The maximum atomic E-state index is 12.0. The van der Waals surface area contributed by atoms with Gasteiger partial charge in [-0.1, -0.05) is 19.3 Å². The van der Waals surface area contributed by atoms with Crippen LogP contribution in [0.4, 0.5) is 4.79 Å². The van der Waals surface area contributed by atoms with Gasteiger partial charge in [0.05, 0.1) is 13.5 Å². The Morgan fingerprint density at radius 1 is 1.28 bits per heavy atom. The number of methoxy groups -OCH3 is 1. The minimum atomic E-state index is -0.279. The van der Waals surface area contributed by atoms with Crippen LogP contribution >= 0.6 is 0 Å². The number of nitrogens with one attached hydrogen (secondary N) is 1. The number of amides is 2. The topological polar surface area (TPSA) is 58.6 Å². The van der Waals surface area contributed by atoms with Crippen LogP contribution in [-0.2, 0) is 9.53 Å². The zero-order chi connectivity index (χ0) is 13.4. The van der Waals surface area contributed by atoms with Gasteiger partial charge >= 0.3 is 12.0 Å². The van der Waals surface area contributed by atoms with E-state index in [0.29, 0.717) is 19.1 Å². The molecule has 2 amide bonds. The highest BCUT2D eigenvalue weighted by Gasteiger charge is 2.19. The predicted molar refractivity (Wildman–Crippen MR) is 69.3 cm³/mol. The van der Waals surface area contributed by atoms with Crippen LogP contribution in [-0.4, -0.2) is 43.1 Å². The molecule has 0 aliphatic heterocycles. The summed E-state index contributed by atoms with van der Waals surface area (Å²) in [6.45, 7) is 2.94. The quantitative estimate of drug-likeness (QED) is 0.764. The smallest absolute Gasteiger partial charge is 0.317 e. The van der Waals surface area contributed by atoms with Gasteiger partial charge in [-0.15, -0.1) is 0 Å². The molecule has 0 aromatic rings. The Morgan fingerprint density at radius 2 is 1.94 bits per heavy atom. The molecule has 0 aromatic carbocycles. The maximum absolute atomic E-state index is 12.0. The standard InChI is InChI=1S/C13H24N2O3/c1-3-15(10-9-12(16)18-2)13(17)14-11-7-5-4-6-8-11/h11H,3-10H2,1-2H3,(H,14,17). The second-order valence-corrected chi connectivity index (χ2v) is 4.69. The first kappa shape index (κ1) is 14.8. The Bertz CT molecular complexity index is 275. The van der Waals surface area contributed by atoms with Gasteiger partial charge in [-0.05, 0) is 19.8 Å². The molecule has 1 aliphatic carbocycles. The Balaban J connectivity index is 2.33. The molecule has 1 saturated carbocycles. The number of rotatable bonds is 5. The molecule has 0 atom stereocenters. The van der Waals surface area contributed by atoms with Gasteiger partial charge in [0.2, 0.25) is 0 Å². The van der Waals surface area contributed by atoms with Gasteiger partial charge in [0.15, 0.2) is 0 Å². The second kappa shape index (κ2) is 7.95. The zero-order valence-corrected chi connectivity index (χ0v) is 11.4. The molecule has 0 unspecified atom stereocenters. The molecular weight excluding hydrogens is 232 g/mol. The van der Waals surface area contributed by atoms with E-state index in [0.717, 1.165) is 12.8 Å². The summed E-state index contributed by atoms with van der Waals surface area (Å²) in [7, 11) is 1.36. The Morgan fingerprint density at radius 3 is 2.50 bits per heavy atom. The molecule has 0 heterocycles. The first-order chi connectivity index (χ1) is 8.67. The summed E-state index contributed by atoms with van der Waals surface area (Å²) in [5.74, 6) is -0.279. The Kier molecular flexibility index (Phi) is 6.54. The molecule has 1 fully saturated rings. The minimum absolute atomic E-state index is 0.0618. The highest BCUT2D eigenvalue weighted by Crippen LogP contribution is 2.17. The third-order valence-electron chi connectivity index (χ3n) is 3.42. The summed E-state index contributed by atoms with van der Waals surface area (Å²) < 4.78 is 4.58. The fourth-order valence-electron chi connectivity index (χ4n) is 2.24. The van der Waals surface area contributed by atoms with Crippen molar-refractivity contribution in [3.8, 4) is 0 Å². The second-order valence-electron chi connectivity index (χ2n) is 4.69. The van der Waals surface area contributed by atoms with Crippen molar-refractivity contribution in [2.75, 3.05) is 20.2 Å². The minimum Gasteiger partial charge on any atom is -0.469 e. The van der Waals surface area contributed by atoms with Crippen LogP contribution in [0.1, 0.15) is 45.4 Å². The van der Waals surface area contributed by atoms with E-state index in [2.05, 4.69) is 10.1 Å². The molecule has 0 bridgehead atoms. The Labute approximate surface area is 109 Å². The van der Waals surface area contributed by atoms with E-state index in [1.54, 1.807) is 4.90 Å². The van der Waals surface area contributed by atoms with Gasteiger partial charge in [0.1, 0.15) is 0 Å². The fraction of sp³-hybridized carbons (Fsp3) is 0.846. The molecule has 0 radical (unpaired) electrons. The number of hydrogen-bond acceptors (Lipinski definition) is 3. The number of nitrogens with zero attached hydrogens (tertiary/aromatic N) is 1. The molecule has 5 heteroatoms. The molecule has 0 saturated heterocycles. The third-order valence-corrected chi connectivity index (χ3v) is 3.42. The SMILES string of the molecule is CCN(CCC(=O)OC)C(=O)NC1CCCCC1. The fourth-order valence-corrected chi connectivity index (χ4v) is 2.24. The van der Waals surface area contributed by atoms with Gasteiger partial charge in [-0.2, -0.15) is 0 Å². The van der Waals surface area contributed by atoms with Crippen molar-refractivity contribution >= 4 is 12.0 Å². The highest BCUT2D eigenvalue weighted by molar-refractivity contribution is 5.75. The maximum Gasteiger partial charge on any atom is 0.317 e. The van der Waals surface area contributed by atoms with Crippen LogP contribution in [0.2, 0.25) is 0 Å². The van der Waals surface area contributed by atoms with Gasteiger partial charge in [0.25, 0.3) is 0 Å². The molecule has 1 N–H and O–H groups in total. The van der Waals surface area contributed by atoms with E-state index in [1.807, 2.05) is 6.92 Å². The lowest BCUT2D eigenvalue weighted by Gasteiger charge is -2.27. The van der Waals surface area contributed by atoms with Crippen molar-refractivity contribution < 1.29 is 14.3 Å². The predicted octanol–water partition coefficient (Wildman–Crippen LogP) is 1.91. The molecule has 104 valence electrons. The first-order valence-corrected chi connectivity index (χ1v) is 6.79. The average Bonchev–Trinajstić information content (AvgIpc) is 2.40. The molecule has 5 nitrogen and oxygen atoms in total. The summed E-state index contributed by atoms with van der Waals surface area (Å²) >= 11 is 0. The lowest BCUT2D eigenvalue weighted by molar-refractivity contribution is -0.140. The molecule has 1 aliphatic rings. The molecule has 1 rings (SSSR count). The largest absolute Gasteiger partial charge is 0.469 e. The first-order valence-electron chi connectivity index (χ1n) is 6.79. The zero-order valence-electron chi connectivity index (χ0n) is 11.4. The lowest BCUT2D eigenvalue weighted by Crippen LogP contribution is -2.46. The summed E-state index contributed by atoms with van der Waals surface area (Å²) in [5, 5.41) is 3.05. The number of urea groups is 1. The van der Waals surface area contributed by atoms with Gasteiger partial charge in [0, 0.05) is 19.1 Å². The van der Waals surface area contributed by atoms with E-state index in [-0.39, 0.29) is 18.4 Å². The van der Waals surface area contributed by atoms with E-state index >= 15 is 0 Å². The van der Waals surface area contributed by atoms with E-state index in [9.17, 15) is 9.59 Å². The van der Waals surface area contributed by atoms with Crippen molar-refractivity contribution in [2.24, 2.45) is 0 Å². The lowest BCUT2D eigenvalue weighted by atomic mass is 9.96. The molecule has 0 aromatic heterocycles. The van der Waals surface area contributed by atoms with Crippen LogP contribution in [0, 0.1) is 0 Å². The van der Waals surface area contributed by atoms with Crippen molar-refractivity contribution in [1.82, 2.24) is 10.2 Å². The number of hydrogen-bond donors (Lipinski definition) is 1. The van der Waals surface area contributed by atoms with Crippen LogP contribution in [0.3, 0.4) is 0 Å². The van der Waals surface area contributed by atoms with E-state index in [1.165, 1.54) is 26.4 Å². The van der Waals surface area contributed by atoms with Gasteiger partial charge < -0.3 is 15.0 Å². The van der Waals surface area contributed by atoms with Gasteiger partial charge in [-0.25, -0.2) is 4.79 Å².